The summed E-state index contributed by atoms with van der Waals surface area (Å²) in [6.07, 6.45) is 2.06. The zero-order chi connectivity index (χ0) is 14.0. The zero-order valence-electron chi connectivity index (χ0n) is 11.8. The molecule has 19 heavy (non-hydrogen) atoms. The molecular weight excluding hydrogens is 245 g/mol. The summed E-state index contributed by atoms with van der Waals surface area (Å²) >= 11 is 0. The standard InChI is InChI=1S/C15H22FNO2/c1-15(2,18)14-5-4-8-17(14)10-11-6-7-13(19-3)12(16)9-11/h6-7,9,14,18H,4-5,8,10H2,1-3H3. The number of ether oxygens (including phenoxy) is 1. The lowest BCUT2D eigenvalue weighted by molar-refractivity contribution is -0.00503. The quantitative estimate of drug-likeness (QED) is 0.910. The first-order valence-corrected chi connectivity index (χ1v) is 6.70. The molecule has 1 aromatic rings. The number of benzene rings is 1. The van der Waals surface area contributed by atoms with Crippen LogP contribution in [0.2, 0.25) is 0 Å². The van der Waals surface area contributed by atoms with Gasteiger partial charge < -0.3 is 9.84 Å². The van der Waals surface area contributed by atoms with Gasteiger partial charge in [-0.3, -0.25) is 4.90 Å². The molecule has 106 valence electrons. The third-order valence-electron chi connectivity index (χ3n) is 3.78. The highest BCUT2D eigenvalue weighted by Crippen LogP contribution is 2.29. The van der Waals surface area contributed by atoms with E-state index in [2.05, 4.69) is 4.90 Å². The van der Waals surface area contributed by atoms with E-state index in [1.54, 1.807) is 6.07 Å². The van der Waals surface area contributed by atoms with Crippen LogP contribution in [0.5, 0.6) is 5.75 Å². The summed E-state index contributed by atoms with van der Waals surface area (Å²) in [5, 5.41) is 10.2. The summed E-state index contributed by atoms with van der Waals surface area (Å²) in [4.78, 5) is 2.22. The van der Waals surface area contributed by atoms with Gasteiger partial charge in [-0.1, -0.05) is 6.07 Å². The van der Waals surface area contributed by atoms with Crippen LogP contribution in [-0.2, 0) is 6.54 Å². The van der Waals surface area contributed by atoms with Crippen molar-refractivity contribution in [1.29, 1.82) is 0 Å². The van der Waals surface area contributed by atoms with Crippen LogP contribution in [0.4, 0.5) is 4.39 Å². The second kappa shape index (κ2) is 5.47. The maximum absolute atomic E-state index is 13.7. The maximum atomic E-state index is 13.7. The molecule has 1 N–H and O–H groups in total. The number of nitrogens with zero attached hydrogens (tertiary/aromatic N) is 1. The van der Waals surface area contributed by atoms with Crippen LogP contribution in [0.3, 0.4) is 0 Å². The van der Waals surface area contributed by atoms with Crippen molar-refractivity contribution in [3.8, 4) is 5.75 Å². The van der Waals surface area contributed by atoms with E-state index in [1.807, 2.05) is 19.9 Å². The highest BCUT2D eigenvalue weighted by Gasteiger charge is 2.35. The van der Waals surface area contributed by atoms with Gasteiger partial charge >= 0.3 is 0 Å². The minimum Gasteiger partial charge on any atom is -0.494 e. The average Bonchev–Trinajstić information content (AvgIpc) is 2.77. The Bertz CT molecular complexity index is 442. The predicted molar refractivity (Wildman–Crippen MR) is 72.7 cm³/mol. The Morgan fingerprint density at radius 1 is 1.47 bits per heavy atom. The lowest BCUT2D eigenvalue weighted by Crippen LogP contribution is -2.45. The Labute approximate surface area is 114 Å². The minimum absolute atomic E-state index is 0.137. The fourth-order valence-corrected chi connectivity index (χ4v) is 2.86. The zero-order valence-corrected chi connectivity index (χ0v) is 11.8. The first-order chi connectivity index (χ1) is 8.91. The number of likely N-dealkylation sites (tertiary alicyclic amines) is 1. The first kappa shape index (κ1) is 14.3. The van der Waals surface area contributed by atoms with Crippen molar-refractivity contribution in [3.63, 3.8) is 0 Å². The fourth-order valence-electron chi connectivity index (χ4n) is 2.86. The molecule has 1 aromatic carbocycles. The number of halogens is 1. The summed E-state index contributed by atoms with van der Waals surface area (Å²) in [6, 6.07) is 5.18. The molecule has 3 nitrogen and oxygen atoms in total. The number of hydrogen-bond acceptors (Lipinski definition) is 3. The van der Waals surface area contributed by atoms with Crippen molar-refractivity contribution in [3.05, 3.63) is 29.6 Å². The topological polar surface area (TPSA) is 32.7 Å². The molecule has 0 bridgehead atoms. The van der Waals surface area contributed by atoms with Gasteiger partial charge in [-0.15, -0.1) is 0 Å². The maximum Gasteiger partial charge on any atom is 0.165 e. The van der Waals surface area contributed by atoms with E-state index in [0.29, 0.717) is 6.54 Å². The van der Waals surface area contributed by atoms with Crippen molar-refractivity contribution in [2.75, 3.05) is 13.7 Å². The van der Waals surface area contributed by atoms with E-state index in [0.717, 1.165) is 24.9 Å². The lowest BCUT2D eigenvalue weighted by Gasteiger charge is -2.33. The Balaban J connectivity index is 2.10. The van der Waals surface area contributed by atoms with Gasteiger partial charge in [0.25, 0.3) is 0 Å². The summed E-state index contributed by atoms with van der Waals surface area (Å²) in [6.45, 7) is 5.28. The largest absolute Gasteiger partial charge is 0.494 e. The van der Waals surface area contributed by atoms with Gasteiger partial charge in [0.15, 0.2) is 11.6 Å². The average molecular weight is 267 g/mol. The van der Waals surface area contributed by atoms with E-state index in [-0.39, 0.29) is 17.6 Å². The first-order valence-electron chi connectivity index (χ1n) is 6.70. The Morgan fingerprint density at radius 3 is 2.79 bits per heavy atom. The second-order valence-corrected chi connectivity index (χ2v) is 5.75. The van der Waals surface area contributed by atoms with Crippen molar-refractivity contribution in [1.82, 2.24) is 4.90 Å². The van der Waals surface area contributed by atoms with E-state index >= 15 is 0 Å². The number of hydrogen-bond donors (Lipinski definition) is 1. The third-order valence-corrected chi connectivity index (χ3v) is 3.78. The smallest absolute Gasteiger partial charge is 0.165 e. The molecule has 2 rings (SSSR count). The molecule has 0 aromatic heterocycles. The van der Waals surface area contributed by atoms with Gasteiger partial charge in [0, 0.05) is 12.6 Å². The molecule has 4 heteroatoms. The molecule has 0 radical (unpaired) electrons. The van der Waals surface area contributed by atoms with Gasteiger partial charge in [0.05, 0.1) is 12.7 Å². The molecule has 1 saturated heterocycles. The molecule has 0 aliphatic carbocycles. The molecule has 1 aliphatic rings. The van der Waals surface area contributed by atoms with E-state index in [9.17, 15) is 9.50 Å². The van der Waals surface area contributed by atoms with Crippen LogP contribution < -0.4 is 4.74 Å². The fraction of sp³-hybridized carbons (Fsp3) is 0.600. The van der Waals surface area contributed by atoms with Crippen LogP contribution in [0.25, 0.3) is 0 Å². The highest BCUT2D eigenvalue weighted by atomic mass is 19.1. The molecular formula is C15H22FNO2. The molecule has 1 fully saturated rings. The molecule has 1 aliphatic heterocycles. The van der Waals surface area contributed by atoms with Gasteiger partial charge in [0.1, 0.15) is 0 Å². The molecule has 1 atom stereocenters. The summed E-state index contributed by atoms with van der Waals surface area (Å²) < 4.78 is 18.6. The minimum atomic E-state index is -0.721. The molecule has 0 saturated carbocycles. The number of methoxy groups -OCH3 is 1. The Kier molecular flexibility index (Phi) is 4.11. The molecule has 1 heterocycles. The molecule has 0 spiro atoms. The second-order valence-electron chi connectivity index (χ2n) is 5.75. The number of rotatable bonds is 4. The van der Waals surface area contributed by atoms with E-state index < -0.39 is 5.60 Å². The summed E-state index contributed by atoms with van der Waals surface area (Å²) in [5.41, 5.74) is 0.191. The van der Waals surface area contributed by atoms with Crippen molar-refractivity contribution < 1.29 is 14.2 Å². The van der Waals surface area contributed by atoms with Gasteiger partial charge in [-0.2, -0.15) is 0 Å². The lowest BCUT2D eigenvalue weighted by atomic mass is 9.96. The predicted octanol–water partition coefficient (Wildman–Crippen LogP) is 2.57. The van der Waals surface area contributed by atoms with Crippen molar-refractivity contribution in [2.24, 2.45) is 0 Å². The summed E-state index contributed by atoms with van der Waals surface area (Å²) in [5.74, 6) is -0.0665. The third kappa shape index (κ3) is 3.25. The molecule has 1 unspecified atom stereocenters. The molecule has 0 amide bonds. The van der Waals surface area contributed by atoms with Crippen LogP contribution in [-0.4, -0.2) is 35.3 Å². The van der Waals surface area contributed by atoms with Gasteiger partial charge in [-0.25, -0.2) is 4.39 Å². The van der Waals surface area contributed by atoms with Crippen molar-refractivity contribution >= 4 is 0 Å². The SMILES string of the molecule is COc1ccc(CN2CCCC2C(C)(C)O)cc1F. The van der Waals surface area contributed by atoms with Crippen LogP contribution in [0, 0.1) is 5.82 Å². The Morgan fingerprint density at radius 2 is 2.21 bits per heavy atom. The Hall–Kier alpha value is -1.13. The normalized spacial score (nSPS) is 20.8. The number of aliphatic hydroxyl groups is 1. The van der Waals surface area contributed by atoms with E-state index in [1.165, 1.54) is 13.2 Å². The van der Waals surface area contributed by atoms with Crippen LogP contribution in [0.15, 0.2) is 18.2 Å². The van der Waals surface area contributed by atoms with Crippen LogP contribution >= 0.6 is 0 Å². The summed E-state index contributed by atoms with van der Waals surface area (Å²) in [7, 11) is 1.46. The van der Waals surface area contributed by atoms with E-state index in [4.69, 9.17) is 4.74 Å². The van der Waals surface area contributed by atoms with Gasteiger partial charge in [-0.05, 0) is 50.9 Å². The van der Waals surface area contributed by atoms with Crippen LogP contribution in [0.1, 0.15) is 32.3 Å². The highest BCUT2D eigenvalue weighted by molar-refractivity contribution is 5.29. The monoisotopic (exact) mass is 267 g/mol. The van der Waals surface area contributed by atoms with Crippen molar-refractivity contribution in [2.45, 2.75) is 44.9 Å². The van der Waals surface area contributed by atoms with Gasteiger partial charge in [0.2, 0.25) is 0 Å².